The molecule has 4 rings (SSSR count). The van der Waals surface area contributed by atoms with Gasteiger partial charge in [0.25, 0.3) is 0 Å². The van der Waals surface area contributed by atoms with Crippen molar-refractivity contribution in [3.05, 3.63) is 59.7 Å². The highest BCUT2D eigenvalue weighted by molar-refractivity contribution is 6.76. The predicted octanol–water partition coefficient (Wildman–Crippen LogP) is 4.91. The fourth-order valence-corrected chi connectivity index (χ4v) is 4.72. The molecule has 2 heterocycles. The van der Waals surface area contributed by atoms with E-state index in [2.05, 4.69) is 58.8 Å². The van der Waals surface area contributed by atoms with Crippen LogP contribution in [0.1, 0.15) is 36.0 Å². The molecule has 3 aromatic rings. The lowest BCUT2D eigenvalue weighted by Crippen LogP contribution is -2.27. The molecule has 0 bridgehead atoms. The maximum Gasteiger partial charge on any atom is 0.125 e. The van der Waals surface area contributed by atoms with Gasteiger partial charge in [0.1, 0.15) is 12.6 Å². The molecule has 6 heteroatoms. The number of nitrogens with zero attached hydrogens (tertiary/aromatic N) is 3. The Labute approximate surface area is 174 Å². The second-order valence-electron chi connectivity index (χ2n) is 9.17. The Bertz CT molecular complexity index is 963. The summed E-state index contributed by atoms with van der Waals surface area (Å²) in [6, 6.07) is 14.0. The average Bonchev–Trinajstić information content (AvgIpc) is 3.06. The number of hydrogen-bond acceptors (Lipinski definition) is 4. The van der Waals surface area contributed by atoms with Gasteiger partial charge < -0.3 is 14.6 Å². The molecule has 0 radical (unpaired) electrons. The zero-order valence-electron chi connectivity index (χ0n) is 17.8. The third-order valence-electron chi connectivity index (χ3n) is 5.65. The first kappa shape index (κ1) is 20.3. The Morgan fingerprint density at radius 2 is 2.03 bits per heavy atom. The molecule has 0 fully saturated rings. The van der Waals surface area contributed by atoms with E-state index in [-0.39, 0.29) is 0 Å². The van der Waals surface area contributed by atoms with Gasteiger partial charge in [-0.05, 0) is 49.1 Å². The average molecular weight is 409 g/mol. The summed E-state index contributed by atoms with van der Waals surface area (Å²) in [5.41, 5.74) is 4.74. The maximum absolute atomic E-state index is 6.07. The summed E-state index contributed by atoms with van der Waals surface area (Å²) in [4.78, 5) is 9.54. The van der Waals surface area contributed by atoms with Crippen LogP contribution >= 0.6 is 0 Å². The van der Waals surface area contributed by atoms with Crippen molar-refractivity contribution in [1.82, 2.24) is 19.9 Å². The van der Waals surface area contributed by atoms with E-state index in [1.165, 1.54) is 23.7 Å². The summed E-state index contributed by atoms with van der Waals surface area (Å²) >= 11 is 0. The van der Waals surface area contributed by atoms with Gasteiger partial charge in [0, 0.05) is 20.9 Å². The molecule has 29 heavy (non-hydrogen) atoms. The Morgan fingerprint density at radius 3 is 2.90 bits per heavy atom. The molecule has 1 unspecified atom stereocenters. The molecule has 1 atom stereocenters. The van der Waals surface area contributed by atoms with E-state index < -0.39 is 8.07 Å². The molecule has 2 aromatic heterocycles. The van der Waals surface area contributed by atoms with Gasteiger partial charge in [0.15, 0.2) is 0 Å². The fourth-order valence-electron chi connectivity index (χ4n) is 3.96. The van der Waals surface area contributed by atoms with Crippen LogP contribution in [0, 0.1) is 0 Å². The van der Waals surface area contributed by atoms with Crippen LogP contribution in [0.2, 0.25) is 25.7 Å². The Morgan fingerprint density at radius 1 is 1.17 bits per heavy atom. The van der Waals surface area contributed by atoms with Crippen molar-refractivity contribution in [1.29, 1.82) is 0 Å². The van der Waals surface area contributed by atoms with Crippen LogP contribution in [-0.2, 0) is 24.4 Å². The molecule has 0 amide bonds. The standard InChI is InChI=1S/C23H32N4OSi/c1-29(2,3)15-14-28-17-27-21-12-5-4-10-19(21)26-22(27)16-25-20-11-6-8-18-9-7-13-24-23(18)20/h4-5,7,9-10,12-13,20,25H,6,8,11,14-17H2,1-3H3. The van der Waals surface area contributed by atoms with Gasteiger partial charge in [0.05, 0.1) is 29.3 Å². The second kappa shape index (κ2) is 8.77. The highest BCUT2D eigenvalue weighted by Crippen LogP contribution is 2.28. The second-order valence-corrected chi connectivity index (χ2v) is 14.8. The Hall–Kier alpha value is -2.02. The van der Waals surface area contributed by atoms with Gasteiger partial charge >= 0.3 is 0 Å². The van der Waals surface area contributed by atoms with Crippen molar-refractivity contribution in [2.75, 3.05) is 6.61 Å². The topological polar surface area (TPSA) is 52.0 Å². The number of rotatable bonds is 8. The van der Waals surface area contributed by atoms with E-state index >= 15 is 0 Å². The van der Waals surface area contributed by atoms with Gasteiger partial charge in [-0.2, -0.15) is 0 Å². The maximum atomic E-state index is 6.07. The molecule has 0 spiro atoms. The third-order valence-corrected chi connectivity index (χ3v) is 7.36. The van der Waals surface area contributed by atoms with Crippen molar-refractivity contribution >= 4 is 19.1 Å². The third kappa shape index (κ3) is 4.94. The smallest absolute Gasteiger partial charge is 0.125 e. The van der Waals surface area contributed by atoms with E-state index in [9.17, 15) is 0 Å². The van der Waals surface area contributed by atoms with Crippen LogP contribution in [-0.4, -0.2) is 29.2 Å². The number of pyridine rings is 1. The number of nitrogens with one attached hydrogen (secondary N) is 1. The minimum absolute atomic E-state index is 0.293. The molecule has 154 valence electrons. The van der Waals surface area contributed by atoms with Crippen LogP contribution < -0.4 is 5.32 Å². The predicted molar refractivity (Wildman–Crippen MR) is 121 cm³/mol. The zero-order valence-corrected chi connectivity index (χ0v) is 18.8. The van der Waals surface area contributed by atoms with Crippen molar-refractivity contribution < 1.29 is 4.74 Å². The number of imidazole rings is 1. The van der Waals surface area contributed by atoms with E-state index in [1.807, 2.05) is 18.3 Å². The Balaban J connectivity index is 1.48. The quantitative estimate of drug-likeness (QED) is 0.425. The summed E-state index contributed by atoms with van der Waals surface area (Å²) in [5.74, 6) is 1.03. The van der Waals surface area contributed by atoms with Gasteiger partial charge in [-0.1, -0.05) is 37.8 Å². The van der Waals surface area contributed by atoms with Gasteiger partial charge in [-0.3, -0.25) is 4.98 Å². The highest BCUT2D eigenvalue weighted by atomic mass is 28.3. The van der Waals surface area contributed by atoms with Crippen LogP contribution in [0.3, 0.4) is 0 Å². The molecule has 1 aliphatic carbocycles. The number of ether oxygens (including phenoxy) is 1. The van der Waals surface area contributed by atoms with E-state index in [4.69, 9.17) is 9.72 Å². The van der Waals surface area contributed by atoms with E-state index in [0.717, 1.165) is 36.3 Å². The molecule has 5 nitrogen and oxygen atoms in total. The molecular weight excluding hydrogens is 376 g/mol. The number of benzene rings is 1. The van der Waals surface area contributed by atoms with Gasteiger partial charge in [-0.25, -0.2) is 4.98 Å². The first-order valence-electron chi connectivity index (χ1n) is 10.7. The van der Waals surface area contributed by atoms with Crippen molar-refractivity contribution in [3.63, 3.8) is 0 Å². The first-order valence-corrected chi connectivity index (χ1v) is 14.4. The number of para-hydroxylation sites is 2. The molecule has 1 aliphatic rings. The lowest BCUT2D eigenvalue weighted by molar-refractivity contribution is 0.0875. The number of aromatic nitrogens is 3. The lowest BCUT2D eigenvalue weighted by Gasteiger charge is -2.25. The van der Waals surface area contributed by atoms with Gasteiger partial charge in [-0.15, -0.1) is 0 Å². The molecule has 1 N–H and O–H groups in total. The van der Waals surface area contributed by atoms with Crippen LogP contribution in [0.5, 0.6) is 0 Å². The summed E-state index contributed by atoms with van der Waals surface area (Å²) < 4.78 is 8.29. The van der Waals surface area contributed by atoms with E-state index in [1.54, 1.807) is 0 Å². The summed E-state index contributed by atoms with van der Waals surface area (Å²) in [6.45, 7) is 9.24. The lowest BCUT2D eigenvalue weighted by atomic mass is 9.92. The van der Waals surface area contributed by atoms with Crippen molar-refractivity contribution in [3.8, 4) is 0 Å². The number of hydrogen-bond donors (Lipinski definition) is 1. The van der Waals surface area contributed by atoms with Crippen molar-refractivity contribution in [2.45, 2.75) is 64.3 Å². The first-order chi connectivity index (χ1) is 14.0. The summed E-state index contributed by atoms with van der Waals surface area (Å²) in [5, 5.41) is 3.72. The minimum Gasteiger partial charge on any atom is -0.361 e. The van der Waals surface area contributed by atoms with Crippen molar-refractivity contribution in [2.24, 2.45) is 0 Å². The van der Waals surface area contributed by atoms with Crippen LogP contribution in [0.25, 0.3) is 11.0 Å². The van der Waals surface area contributed by atoms with Crippen LogP contribution in [0.4, 0.5) is 0 Å². The number of aryl methyl sites for hydroxylation is 1. The van der Waals surface area contributed by atoms with Crippen LogP contribution in [0.15, 0.2) is 42.6 Å². The zero-order chi connectivity index (χ0) is 20.3. The van der Waals surface area contributed by atoms with Gasteiger partial charge in [0.2, 0.25) is 0 Å². The van der Waals surface area contributed by atoms with E-state index in [0.29, 0.717) is 19.3 Å². The summed E-state index contributed by atoms with van der Waals surface area (Å²) in [7, 11) is -1.09. The molecule has 0 saturated heterocycles. The highest BCUT2D eigenvalue weighted by Gasteiger charge is 2.22. The molecule has 0 saturated carbocycles. The molecular formula is C23H32N4OSi. The SMILES string of the molecule is C[Si](C)(C)CCOCn1c(CNC2CCCc3cccnc32)nc2ccccc21. The minimum atomic E-state index is -1.09. The fraction of sp³-hybridized carbons (Fsp3) is 0.478. The monoisotopic (exact) mass is 408 g/mol. The normalized spacial score (nSPS) is 16.9. The largest absolute Gasteiger partial charge is 0.361 e. The molecule has 0 aliphatic heterocycles. The molecule has 1 aromatic carbocycles. The summed E-state index contributed by atoms with van der Waals surface area (Å²) in [6.07, 6.45) is 5.36. The number of fused-ring (bicyclic) bond motifs is 2. The Kier molecular flexibility index (Phi) is 6.13.